The van der Waals surface area contributed by atoms with Gasteiger partial charge in [0.15, 0.2) is 16.6 Å². The number of hydrogen-bond donors (Lipinski definition) is 1. The van der Waals surface area contributed by atoms with Crippen LogP contribution >= 0.6 is 11.3 Å². The predicted molar refractivity (Wildman–Crippen MR) is 132 cm³/mol. The molecule has 170 valence electrons. The van der Waals surface area contributed by atoms with Gasteiger partial charge in [0.1, 0.15) is 5.75 Å². The maximum Gasteiger partial charge on any atom is 0.258 e. The van der Waals surface area contributed by atoms with Crippen LogP contribution in [0.5, 0.6) is 5.75 Å². The molecule has 8 nitrogen and oxygen atoms in total. The van der Waals surface area contributed by atoms with Crippen molar-refractivity contribution in [1.29, 1.82) is 0 Å². The predicted octanol–water partition coefficient (Wildman–Crippen LogP) is 5.26. The molecule has 0 radical (unpaired) electrons. The highest BCUT2D eigenvalue weighted by molar-refractivity contribution is 7.22. The van der Waals surface area contributed by atoms with E-state index < -0.39 is 0 Å². The number of fused-ring (bicyclic) bond motifs is 2. The number of pyridine rings is 2. The molecule has 9 heteroatoms. The molecule has 5 aromatic rings. The van der Waals surface area contributed by atoms with Crippen molar-refractivity contribution in [2.24, 2.45) is 0 Å². The van der Waals surface area contributed by atoms with E-state index in [4.69, 9.17) is 9.72 Å². The number of rotatable bonds is 6. The second kappa shape index (κ2) is 8.18. The maximum absolute atomic E-state index is 13.5. The van der Waals surface area contributed by atoms with Gasteiger partial charge in [0.05, 0.1) is 33.5 Å². The van der Waals surface area contributed by atoms with E-state index in [2.05, 4.69) is 20.4 Å². The van der Waals surface area contributed by atoms with Gasteiger partial charge in [-0.15, -0.1) is 0 Å². The smallest absolute Gasteiger partial charge is 0.258 e. The Balaban J connectivity index is 1.42. The van der Waals surface area contributed by atoms with Gasteiger partial charge in [-0.1, -0.05) is 17.4 Å². The molecule has 0 unspecified atom stereocenters. The van der Waals surface area contributed by atoms with Crippen LogP contribution < -0.4 is 10.1 Å². The number of anilines is 1. The molecular formula is C25H22N6O2S. The molecular weight excluding hydrogens is 448 g/mol. The Kier molecular flexibility index (Phi) is 4.99. The summed E-state index contributed by atoms with van der Waals surface area (Å²) in [5.74, 6) is 1.62. The van der Waals surface area contributed by atoms with Gasteiger partial charge in [0, 0.05) is 17.8 Å². The number of amides is 1. The molecule has 1 aromatic carbocycles. The van der Waals surface area contributed by atoms with E-state index in [-0.39, 0.29) is 5.91 Å². The van der Waals surface area contributed by atoms with Crippen molar-refractivity contribution in [1.82, 2.24) is 24.7 Å². The van der Waals surface area contributed by atoms with E-state index in [1.54, 1.807) is 10.9 Å². The largest absolute Gasteiger partial charge is 0.494 e. The second-order valence-electron chi connectivity index (χ2n) is 8.29. The summed E-state index contributed by atoms with van der Waals surface area (Å²) in [4.78, 5) is 27.4. The van der Waals surface area contributed by atoms with Crippen LogP contribution in [-0.4, -0.2) is 37.2 Å². The van der Waals surface area contributed by atoms with Crippen molar-refractivity contribution in [2.45, 2.75) is 32.6 Å². The number of nitrogens with one attached hydrogen (secondary N) is 1. The third kappa shape index (κ3) is 3.67. The van der Waals surface area contributed by atoms with Crippen LogP contribution in [0.25, 0.3) is 27.1 Å². The lowest BCUT2D eigenvalue weighted by atomic mass is 10.1. The zero-order chi connectivity index (χ0) is 23.2. The van der Waals surface area contributed by atoms with E-state index in [0.29, 0.717) is 34.7 Å². The fraction of sp³-hybridized carbons (Fsp3) is 0.240. The number of aryl methyl sites for hydroxylation is 1. The molecule has 0 atom stereocenters. The monoisotopic (exact) mass is 470 g/mol. The van der Waals surface area contributed by atoms with Gasteiger partial charge in [-0.2, -0.15) is 9.78 Å². The summed E-state index contributed by atoms with van der Waals surface area (Å²) in [6.07, 6.45) is 3.88. The van der Waals surface area contributed by atoms with Crippen LogP contribution in [-0.2, 0) is 0 Å². The zero-order valence-corrected chi connectivity index (χ0v) is 19.6. The summed E-state index contributed by atoms with van der Waals surface area (Å²) in [6, 6.07) is 13.3. The first-order chi connectivity index (χ1) is 16.6. The average molecular weight is 471 g/mol. The van der Waals surface area contributed by atoms with Gasteiger partial charge in [-0.05, 0) is 63.1 Å². The van der Waals surface area contributed by atoms with E-state index in [1.807, 2.05) is 56.3 Å². The Hall–Kier alpha value is -3.85. The lowest BCUT2D eigenvalue weighted by Gasteiger charge is -2.08. The van der Waals surface area contributed by atoms with Crippen LogP contribution in [0.2, 0.25) is 0 Å². The van der Waals surface area contributed by atoms with E-state index in [0.717, 1.165) is 45.6 Å². The number of thiazole rings is 1. The Labute approximate surface area is 199 Å². The number of ether oxygens (including phenoxy) is 1. The molecule has 4 heterocycles. The molecule has 1 amide bonds. The lowest BCUT2D eigenvalue weighted by Crippen LogP contribution is -2.13. The highest BCUT2D eigenvalue weighted by atomic mass is 32.1. The summed E-state index contributed by atoms with van der Waals surface area (Å²) < 4.78 is 8.27. The van der Waals surface area contributed by atoms with E-state index in [9.17, 15) is 4.79 Å². The normalized spacial score (nSPS) is 13.5. The van der Waals surface area contributed by atoms with Crippen LogP contribution in [0.15, 0.2) is 48.7 Å². The SMILES string of the molecule is CCOc1ccc2nc(NC(=O)c3cc(C4CC4)nc4c3c(C)nn4-c3ccccn3)sc2c1. The highest BCUT2D eigenvalue weighted by Crippen LogP contribution is 2.41. The Morgan fingerprint density at radius 3 is 2.85 bits per heavy atom. The molecule has 1 aliphatic rings. The maximum atomic E-state index is 13.5. The van der Waals surface area contributed by atoms with Gasteiger partial charge in [0.25, 0.3) is 5.91 Å². The van der Waals surface area contributed by atoms with E-state index in [1.165, 1.54) is 11.3 Å². The van der Waals surface area contributed by atoms with Crippen molar-refractivity contribution in [2.75, 3.05) is 11.9 Å². The van der Waals surface area contributed by atoms with Crippen LogP contribution in [0.4, 0.5) is 5.13 Å². The lowest BCUT2D eigenvalue weighted by molar-refractivity contribution is 0.102. The van der Waals surface area contributed by atoms with Gasteiger partial charge in [-0.25, -0.2) is 15.0 Å². The zero-order valence-electron chi connectivity index (χ0n) is 18.8. The van der Waals surface area contributed by atoms with Crippen LogP contribution in [0.3, 0.4) is 0 Å². The molecule has 34 heavy (non-hydrogen) atoms. The first-order valence-corrected chi connectivity index (χ1v) is 12.1. The first-order valence-electron chi connectivity index (χ1n) is 11.3. The minimum absolute atomic E-state index is 0.220. The number of benzene rings is 1. The summed E-state index contributed by atoms with van der Waals surface area (Å²) >= 11 is 1.43. The number of nitrogens with zero attached hydrogens (tertiary/aromatic N) is 5. The van der Waals surface area contributed by atoms with Crippen molar-refractivity contribution in [3.05, 3.63) is 65.6 Å². The van der Waals surface area contributed by atoms with Crippen molar-refractivity contribution >= 4 is 43.6 Å². The molecule has 6 rings (SSSR count). The minimum atomic E-state index is -0.220. The molecule has 4 aromatic heterocycles. The fourth-order valence-corrected chi connectivity index (χ4v) is 4.98. The van der Waals surface area contributed by atoms with Crippen LogP contribution in [0, 0.1) is 6.92 Å². The first kappa shape index (κ1) is 20.7. The van der Waals surface area contributed by atoms with Crippen LogP contribution in [0.1, 0.15) is 47.4 Å². The Morgan fingerprint density at radius 1 is 1.21 bits per heavy atom. The Morgan fingerprint density at radius 2 is 2.09 bits per heavy atom. The summed E-state index contributed by atoms with van der Waals surface area (Å²) in [7, 11) is 0. The molecule has 0 spiro atoms. The molecule has 0 saturated heterocycles. The minimum Gasteiger partial charge on any atom is -0.494 e. The third-order valence-electron chi connectivity index (χ3n) is 5.83. The molecule has 1 saturated carbocycles. The van der Waals surface area contributed by atoms with Gasteiger partial charge in [0.2, 0.25) is 0 Å². The summed E-state index contributed by atoms with van der Waals surface area (Å²) in [5.41, 5.74) is 3.67. The van der Waals surface area contributed by atoms with Crippen molar-refractivity contribution in [3.63, 3.8) is 0 Å². The highest BCUT2D eigenvalue weighted by Gasteiger charge is 2.29. The summed E-state index contributed by atoms with van der Waals surface area (Å²) in [5, 5.41) is 8.95. The average Bonchev–Trinajstić information content (AvgIpc) is 3.54. The van der Waals surface area contributed by atoms with Gasteiger partial charge in [-0.3, -0.25) is 10.1 Å². The second-order valence-corrected chi connectivity index (χ2v) is 9.32. The Bertz CT molecular complexity index is 1540. The molecule has 0 aliphatic heterocycles. The fourth-order valence-electron chi connectivity index (χ4n) is 4.09. The van der Waals surface area contributed by atoms with Gasteiger partial charge < -0.3 is 4.74 Å². The number of carbonyl (C=O) groups is 1. The third-order valence-corrected chi connectivity index (χ3v) is 6.76. The molecule has 1 aliphatic carbocycles. The van der Waals surface area contributed by atoms with Crippen molar-refractivity contribution in [3.8, 4) is 11.6 Å². The quantitative estimate of drug-likeness (QED) is 0.364. The standard InChI is InChI=1S/C25H22N6O2S/c1-3-33-16-9-10-18-20(12-16)34-25(28-18)29-24(32)17-13-19(15-7-8-15)27-23-22(17)14(2)30-31(23)21-6-4-5-11-26-21/h4-6,9-13,15H,3,7-8H2,1-2H3,(H,28,29,32). The molecule has 1 fully saturated rings. The number of carbonyl (C=O) groups excluding carboxylic acids is 1. The number of hydrogen-bond acceptors (Lipinski definition) is 7. The van der Waals surface area contributed by atoms with Gasteiger partial charge >= 0.3 is 0 Å². The molecule has 1 N–H and O–H groups in total. The van der Waals surface area contributed by atoms with Crippen molar-refractivity contribution < 1.29 is 9.53 Å². The molecule has 0 bridgehead atoms. The summed E-state index contributed by atoms with van der Waals surface area (Å²) in [6.45, 7) is 4.44. The number of aromatic nitrogens is 5. The topological polar surface area (TPSA) is 94.8 Å². The van der Waals surface area contributed by atoms with E-state index >= 15 is 0 Å².